The number of rotatable bonds is 7. The molecule has 0 saturated carbocycles. The number of hydrogen-bond donors (Lipinski definition) is 1. The number of aryl methyl sites for hydroxylation is 1. The van der Waals surface area contributed by atoms with Crippen molar-refractivity contribution in [3.05, 3.63) is 29.8 Å². The Kier molecular flexibility index (Phi) is 7.25. The summed E-state index contributed by atoms with van der Waals surface area (Å²) in [6.45, 7) is 6.86. The van der Waals surface area contributed by atoms with Gasteiger partial charge in [0.15, 0.2) is 6.10 Å². The minimum absolute atomic E-state index is 0.0260. The van der Waals surface area contributed by atoms with Gasteiger partial charge in [-0.25, -0.2) is 0 Å². The van der Waals surface area contributed by atoms with E-state index in [1.54, 1.807) is 11.8 Å². The van der Waals surface area contributed by atoms with Gasteiger partial charge in [-0.1, -0.05) is 19.1 Å². The zero-order valence-corrected chi connectivity index (χ0v) is 15.5. The second-order valence-corrected chi connectivity index (χ2v) is 6.32. The van der Waals surface area contributed by atoms with Gasteiger partial charge in [0, 0.05) is 39.1 Å². The molecule has 1 N–H and O–H groups in total. The lowest BCUT2D eigenvalue weighted by atomic mass is 10.2. The van der Waals surface area contributed by atoms with Crippen LogP contribution in [-0.2, 0) is 16.0 Å². The van der Waals surface area contributed by atoms with Gasteiger partial charge in [0.2, 0.25) is 5.91 Å². The maximum atomic E-state index is 12.6. The number of nitrogens with zero attached hydrogens (tertiary/aromatic N) is 2. The Bertz CT molecular complexity index is 566. The second-order valence-electron chi connectivity index (χ2n) is 6.32. The van der Waals surface area contributed by atoms with Crippen LogP contribution in [0.25, 0.3) is 0 Å². The van der Waals surface area contributed by atoms with E-state index in [0.717, 1.165) is 6.42 Å². The van der Waals surface area contributed by atoms with Crippen LogP contribution in [0.15, 0.2) is 24.3 Å². The number of ether oxygens (including phenoxy) is 1. The average molecular weight is 347 g/mol. The van der Waals surface area contributed by atoms with E-state index < -0.39 is 6.10 Å². The van der Waals surface area contributed by atoms with Crippen LogP contribution in [0.4, 0.5) is 0 Å². The molecule has 1 aliphatic rings. The van der Waals surface area contributed by atoms with Crippen molar-refractivity contribution in [2.45, 2.75) is 32.8 Å². The molecule has 2 rings (SSSR count). The first-order chi connectivity index (χ1) is 12.0. The molecule has 1 heterocycles. The lowest BCUT2D eigenvalue weighted by Gasteiger charge is -2.36. The molecule has 1 aromatic carbocycles. The fraction of sp³-hybridized carbons (Fsp3) is 0.579. The largest absolute Gasteiger partial charge is 0.481 e. The molecule has 1 fully saturated rings. The number of hydrogen-bond acceptors (Lipinski definition) is 4. The summed E-state index contributed by atoms with van der Waals surface area (Å²) in [5.74, 6) is 0.822. The van der Waals surface area contributed by atoms with Crippen LogP contribution in [0.3, 0.4) is 0 Å². The molecule has 0 aromatic heterocycles. The Morgan fingerprint density at radius 1 is 1.12 bits per heavy atom. The molecule has 1 saturated heterocycles. The lowest BCUT2D eigenvalue weighted by molar-refractivity contribution is -0.143. The van der Waals surface area contributed by atoms with Crippen LogP contribution >= 0.6 is 0 Å². The van der Waals surface area contributed by atoms with E-state index in [1.165, 1.54) is 5.56 Å². The van der Waals surface area contributed by atoms with E-state index in [-0.39, 0.29) is 11.8 Å². The summed E-state index contributed by atoms with van der Waals surface area (Å²) >= 11 is 0. The van der Waals surface area contributed by atoms with E-state index in [4.69, 9.17) is 4.74 Å². The smallest absolute Gasteiger partial charge is 0.263 e. The summed E-state index contributed by atoms with van der Waals surface area (Å²) in [5, 5.41) is 2.98. The molecule has 0 radical (unpaired) electrons. The highest BCUT2D eigenvalue weighted by molar-refractivity contribution is 5.81. The third-order valence-electron chi connectivity index (χ3n) is 4.53. The van der Waals surface area contributed by atoms with E-state index in [2.05, 4.69) is 12.2 Å². The Morgan fingerprint density at radius 3 is 2.28 bits per heavy atom. The van der Waals surface area contributed by atoms with Crippen molar-refractivity contribution in [3.63, 3.8) is 0 Å². The van der Waals surface area contributed by atoms with Gasteiger partial charge in [-0.2, -0.15) is 0 Å². The predicted octanol–water partition coefficient (Wildman–Crippen LogP) is 1.30. The zero-order chi connectivity index (χ0) is 18.2. The number of benzene rings is 1. The van der Waals surface area contributed by atoms with E-state index in [9.17, 15) is 9.59 Å². The Morgan fingerprint density at radius 2 is 1.72 bits per heavy atom. The van der Waals surface area contributed by atoms with Crippen LogP contribution in [-0.4, -0.2) is 67.5 Å². The van der Waals surface area contributed by atoms with Crippen molar-refractivity contribution in [2.24, 2.45) is 0 Å². The predicted molar refractivity (Wildman–Crippen MR) is 97.6 cm³/mol. The van der Waals surface area contributed by atoms with Gasteiger partial charge in [0.25, 0.3) is 5.91 Å². The minimum atomic E-state index is -0.529. The fourth-order valence-electron chi connectivity index (χ4n) is 2.88. The molecular formula is C19H29N3O3. The molecule has 6 heteroatoms. The molecule has 0 bridgehead atoms. The Balaban J connectivity index is 1.81. The summed E-state index contributed by atoms with van der Waals surface area (Å²) in [7, 11) is 1.83. The molecule has 2 amide bonds. The normalized spacial score (nSPS) is 15.8. The first-order valence-electron chi connectivity index (χ1n) is 9.02. The van der Waals surface area contributed by atoms with Gasteiger partial charge in [0.05, 0.1) is 0 Å². The van der Waals surface area contributed by atoms with E-state index in [1.807, 2.05) is 36.2 Å². The van der Waals surface area contributed by atoms with Crippen molar-refractivity contribution < 1.29 is 14.3 Å². The summed E-state index contributed by atoms with van der Waals surface area (Å²) in [4.78, 5) is 28.2. The van der Waals surface area contributed by atoms with Gasteiger partial charge < -0.3 is 19.9 Å². The number of carbonyl (C=O) groups is 2. The van der Waals surface area contributed by atoms with Crippen LogP contribution in [0, 0.1) is 0 Å². The van der Waals surface area contributed by atoms with E-state index >= 15 is 0 Å². The average Bonchev–Trinajstić information content (AvgIpc) is 2.66. The molecule has 1 unspecified atom stereocenters. The fourth-order valence-corrected chi connectivity index (χ4v) is 2.88. The van der Waals surface area contributed by atoms with E-state index in [0.29, 0.717) is 44.9 Å². The van der Waals surface area contributed by atoms with Gasteiger partial charge in [-0.3, -0.25) is 9.59 Å². The van der Waals surface area contributed by atoms with Gasteiger partial charge >= 0.3 is 0 Å². The molecular weight excluding hydrogens is 318 g/mol. The number of amides is 2. The van der Waals surface area contributed by atoms with Crippen LogP contribution in [0.5, 0.6) is 5.75 Å². The topological polar surface area (TPSA) is 61.9 Å². The first-order valence-corrected chi connectivity index (χ1v) is 9.02. The zero-order valence-electron chi connectivity index (χ0n) is 15.5. The molecule has 25 heavy (non-hydrogen) atoms. The third kappa shape index (κ3) is 5.46. The Hall–Kier alpha value is -2.08. The van der Waals surface area contributed by atoms with Gasteiger partial charge in [0.1, 0.15) is 5.75 Å². The summed E-state index contributed by atoms with van der Waals surface area (Å²) in [6.07, 6.45) is 0.947. The molecule has 0 aliphatic carbocycles. The van der Waals surface area contributed by atoms with Crippen molar-refractivity contribution in [2.75, 3.05) is 39.8 Å². The minimum Gasteiger partial charge on any atom is -0.481 e. The van der Waals surface area contributed by atoms with Crippen molar-refractivity contribution >= 4 is 11.8 Å². The SMILES string of the molecule is CCc1ccc(OC(C)C(=O)N2CCN(C(=O)CCNC)CC2)cc1. The highest BCUT2D eigenvalue weighted by atomic mass is 16.5. The molecule has 0 spiro atoms. The molecule has 138 valence electrons. The highest BCUT2D eigenvalue weighted by Crippen LogP contribution is 2.15. The van der Waals surface area contributed by atoms with Crippen LogP contribution in [0.1, 0.15) is 25.8 Å². The van der Waals surface area contributed by atoms with Gasteiger partial charge in [-0.15, -0.1) is 0 Å². The number of carbonyl (C=O) groups excluding carboxylic acids is 2. The monoisotopic (exact) mass is 347 g/mol. The van der Waals surface area contributed by atoms with Gasteiger partial charge in [-0.05, 0) is 38.1 Å². The molecule has 1 aromatic rings. The van der Waals surface area contributed by atoms with Crippen LogP contribution < -0.4 is 10.1 Å². The quantitative estimate of drug-likeness (QED) is 0.808. The second kappa shape index (κ2) is 9.42. The first kappa shape index (κ1) is 19.2. The number of nitrogens with one attached hydrogen (secondary N) is 1. The number of piperazine rings is 1. The summed E-state index contributed by atoms with van der Waals surface area (Å²) in [6, 6.07) is 7.84. The molecule has 1 atom stereocenters. The maximum absolute atomic E-state index is 12.6. The standard InChI is InChI=1S/C19H29N3O3/c1-4-16-5-7-17(8-6-16)25-15(2)19(24)22-13-11-21(12-14-22)18(23)9-10-20-3/h5-8,15,20H,4,9-14H2,1-3H3. The lowest BCUT2D eigenvalue weighted by Crippen LogP contribution is -2.53. The highest BCUT2D eigenvalue weighted by Gasteiger charge is 2.27. The molecule has 1 aliphatic heterocycles. The maximum Gasteiger partial charge on any atom is 0.263 e. The Labute approximate surface area is 150 Å². The summed E-state index contributed by atoms with van der Waals surface area (Å²) < 4.78 is 5.78. The van der Waals surface area contributed by atoms with Crippen LogP contribution in [0.2, 0.25) is 0 Å². The third-order valence-corrected chi connectivity index (χ3v) is 4.53. The van der Waals surface area contributed by atoms with Crippen molar-refractivity contribution in [1.29, 1.82) is 0 Å². The van der Waals surface area contributed by atoms with Crippen molar-refractivity contribution in [3.8, 4) is 5.75 Å². The summed E-state index contributed by atoms with van der Waals surface area (Å²) in [5.41, 5.74) is 1.24. The molecule has 6 nitrogen and oxygen atoms in total. The van der Waals surface area contributed by atoms with Crippen molar-refractivity contribution in [1.82, 2.24) is 15.1 Å².